The van der Waals surface area contributed by atoms with E-state index in [1.807, 2.05) is 48.5 Å². The molecule has 0 bridgehead atoms. The van der Waals surface area contributed by atoms with Crippen molar-refractivity contribution in [1.29, 1.82) is 0 Å². The van der Waals surface area contributed by atoms with Crippen LogP contribution in [-0.2, 0) is 31.9 Å². The van der Waals surface area contributed by atoms with E-state index in [1.165, 1.54) is 14.2 Å². The van der Waals surface area contributed by atoms with E-state index in [9.17, 15) is 9.59 Å². The van der Waals surface area contributed by atoms with E-state index in [-0.39, 0.29) is 37.0 Å². The molecule has 32 heavy (non-hydrogen) atoms. The van der Waals surface area contributed by atoms with Crippen LogP contribution in [0.1, 0.15) is 11.1 Å². The molecule has 0 unspecified atom stereocenters. The Labute approximate surface area is 199 Å². The summed E-state index contributed by atoms with van der Waals surface area (Å²) in [5, 5.41) is 0. The van der Waals surface area contributed by atoms with Gasteiger partial charge in [0.05, 0.1) is 14.2 Å². The second-order valence-corrected chi connectivity index (χ2v) is 7.03. The van der Waals surface area contributed by atoms with Gasteiger partial charge in [0.2, 0.25) is 0 Å². The Kier molecular flexibility index (Phi) is 10.7. The molecule has 0 aromatic heterocycles. The Morgan fingerprint density at radius 3 is 1.44 bits per heavy atom. The fraction of sp³-hybridized carbons (Fsp3) is 0.364. The second kappa shape index (κ2) is 12.5. The van der Waals surface area contributed by atoms with Gasteiger partial charge in [0, 0.05) is 12.8 Å². The number of benzene rings is 2. The number of carbonyl (C=O) groups is 2. The predicted octanol–water partition coefficient (Wildman–Crippen LogP) is 1.82. The maximum Gasteiger partial charge on any atom is 0.326 e. The van der Waals surface area contributed by atoms with Crippen molar-refractivity contribution in [3.05, 3.63) is 59.7 Å². The van der Waals surface area contributed by atoms with Crippen LogP contribution >= 0.6 is 24.8 Å². The minimum Gasteiger partial charge on any atom is -0.488 e. The van der Waals surface area contributed by atoms with Crippen molar-refractivity contribution in [1.82, 2.24) is 0 Å². The number of methoxy groups -OCH3 is 2. The van der Waals surface area contributed by atoms with Gasteiger partial charge in [-0.25, -0.2) is 0 Å². The summed E-state index contributed by atoms with van der Waals surface area (Å²) in [7, 11) is 2.65. The van der Waals surface area contributed by atoms with Crippen molar-refractivity contribution in [2.24, 2.45) is 11.5 Å². The van der Waals surface area contributed by atoms with E-state index in [2.05, 4.69) is 9.47 Å². The third kappa shape index (κ3) is 6.26. The van der Waals surface area contributed by atoms with E-state index >= 15 is 0 Å². The summed E-state index contributed by atoms with van der Waals surface area (Å²) >= 11 is 0. The zero-order valence-corrected chi connectivity index (χ0v) is 19.4. The molecule has 4 N–H and O–H groups in total. The Balaban J connectivity index is 0.000000301. The fourth-order valence-corrected chi connectivity index (χ4v) is 3.39. The first-order chi connectivity index (χ1) is 14.4. The maximum absolute atomic E-state index is 11.2. The lowest BCUT2D eigenvalue weighted by Gasteiger charge is -2.16. The normalized spacial score (nSPS) is 19.0. The summed E-state index contributed by atoms with van der Waals surface area (Å²) in [4.78, 5) is 22.4. The zero-order chi connectivity index (χ0) is 21.7. The third-order valence-corrected chi connectivity index (χ3v) is 5.09. The molecule has 0 saturated carbocycles. The van der Waals surface area contributed by atoms with Crippen molar-refractivity contribution in [2.45, 2.75) is 37.1 Å². The highest BCUT2D eigenvalue weighted by Gasteiger charge is 2.33. The molecule has 0 aliphatic carbocycles. The SMILES string of the molecule is COC(=O)[C@@H](N)[C@@H]1Cc2ccccc2O1.COC(=O)[C@H](N)[C@H]1Cc2ccccc2O1.Cl.Cl. The van der Waals surface area contributed by atoms with Crippen molar-refractivity contribution in [3.8, 4) is 11.5 Å². The van der Waals surface area contributed by atoms with Crippen LogP contribution in [0.2, 0.25) is 0 Å². The Hall–Kier alpha value is -2.52. The van der Waals surface area contributed by atoms with Crippen LogP contribution in [0, 0.1) is 0 Å². The summed E-state index contributed by atoms with van der Waals surface area (Å²) < 4.78 is 20.3. The minimum atomic E-state index is -0.720. The van der Waals surface area contributed by atoms with Gasteiger partial charge in [-0.3, -0.25) is 9.59 Å². The predicted molar refractivity (Wildman–Crippen MR) is 124 cm³/mol. The van der Waals surface area contributed by atoms with E-state index < -0.39 is 24.0 Å². The van der Waals surface area contributed by atoms with Gasteiger partial charge in [-0.2, -0.15) is 0 Å². The molecule has 4 rings (SSSR count). The van der Waals surface area contributed by atoms with Gasteiger partial charge in [-0.15, -0.1) is 24.8 Å². The van der Waals surface area contributed by atoms with Crippen molar-refractivity contribution in [2.75, 3.05) is 14.2 Å². The van der Waals surface area contributed by atoms with Crippen LogP contribution in [0.5, 0.6) is 11.5 Å². The maximum atomic E-state index is 11.2. The topological polar surface area (TPSA) is 123 Å². The first-order valence-electron chi connectivity index (χ1n) is 9.60. The largest absolute Gasteiger partial charge is 0.488 e. The van der Waals surface area contributed by atoms with E-state index in [1.54, 1.807) is 0 Å². The monoisotopic (exact) mass is 486 g/mol. The molecular formula is C22H28Cl2N2O6. The zero-order valence-electron chi connectivity index (χ0n) is 17.8. The number of esters is 2. The smallest absolute Gasteiger partial charge is 0.326 e. The molecule has 0 fully saturated rings. The Morgan fingerprint density at radius 1 is 0.781 bits per heavy atom. The average molecular weight is 487 g/mol. The number of ether oxygens (including phenoxy) is 4. The summed E-state index contributed by atoms with van der Waals surface area (Å²) in [6, 6.07) is 13.9. The van der Waals surface area contributed by atoms with E-state index in [0.29, 0.717) is 12.8 Å². The highest BCUT2D eigenvalue weighted by atomic mass is 35.5. The van der Waals surface area contributed by atoms with Crippen molar-refractivity contribution in [3.63, 3.8) is 0 Å². The quantitative estimate of drug-likeness (QED) is 0.627. The molecule has 8 nitrogen and oxygen atoms in total. The molecule has 2 heterocycles. The van der Waals surface area contributed by atoms with E-state index in [4.69, 9.17) is 20.9 Å². The molecule has 176 valence electrons. The summed E-state index contributed by atoms with van der Waals surface area (Å²) in [5.74, 6) is 0.740. The van der Waals surface area contributed by atoms with Crippen LogP contribution in [0.15, 0.2) is 48.5 Å². The standard InChI is InChI=1S/2C11H13NO3.2ClH/c2*1-14-11(13)10(12)9-6-7-4-2-3-5-8(7)15-9;;/h2*2-5,9-10H,6,12H2,1H3;2*1H/t2*9-,10-;;/m10../s1. The number of carbonyl (C=O) groups excluding carboxylic acids is 2. The van der Waals surface area contributed by atoms with Crippen LogP contribution in [-0.4, -0.2) is 50.4 Å². The fourth-order valence-electron chi connectivity index (χ4n) is 3.39. The van der Waals surface area contributed by atoms with Gasteiger partial charge in [-0.05, 0) is 23.3 Å². The number of halogens is 2. The summed E-state index contributed by atoms with van der Waals surface area (Å²) in [6.07, 6.45) is 0.698. The summed E-state index contributed by atoms with van der Waals surface area (Å²) in [5.41, 5.74) is 13.6. The second-order valence-electron chi connectivity index (χ2n) is 7.03. The minimum absolute atomic E-state index is 0. The van der Waals surface area contributed by atoms with Crippen molar-refractivity contribution < 1.29 is 28.5 Å². The van der Waals surface area contributed by atoms with Crippen LogP contribution < -0.4 is 20.9 Å². The molecule has 2 aliphatic heterocycles. The lowest BCUT2D eigenvalue weighted by molar-refractivity contribution is -0.145. The first kappa shape index (κ1) is 27.5. The number of hydrogen-bond donors (Lipinski definition) is 2. The number of hydrogen-bond acceptors (Lipinski definition) is 8. The highest BCUT2D eigenvalue weighted by Crippen LogP contribution is 2.30. The number of rotatable bonds is 4. The molecule has 10 heteroatoms. The molecule has 0 saturated heterocycles. The third-order valence-electron chi connectivity index (χ3n) is 5.09. The van der Waals surface area contributed by atoms with Gasteiger partial charge in [-0.1, -0.05) is 36.4 Å². The first-order valence-corrected chi connectivity index (χ1v) is 9.60. The Morgan fingerprint density at radius 2 is 1.12 bits per heavy atom. The number of fused-ring (bicyclic) bond motifs is 2. The van der Waals surface area contributed by atoms with Gasteiger partial charge in [0.25, 0.3) is 0 Å². The molecule has 2 aromatic rings. The van der Waals surface area contributed by atoms with Gasteiger partial charge < -0.3 is 30.4 Å². The molecule has 2 aromatic carbocycles. The molecule has 0 radical (unpaired) electrons. The lowest BCUT2D eigenvalue weighted by atomic mass is 10.1. The Bertz CT molecular complexity index is 790. The molecule has 0 spiro atoms. The van der Waals surface area contributed by atoms with Crippen LogP contribution in [0.4, 0.5) is 0 Å². The highest BCUT2D eigenvalue weighted by molar-refractivity contribution is 5.85. The molecule has 0 amide bonds. The number of nitrogens with two attached hydrogens (primary N) is 2. The van der Waals surface area contributed by atoms with Crippen LogP contribution in [0.3, 0.4) is 0 Å². The van der Waals surface area contributed by atoms with E-state index in [0.717, 1.165) is 22.6 Å². The lowest BCUT2D eigenvalue weighted by Crippen LogP contribution is -2.45. The van der Waals surface area contributed by atoms with Gasteiger partial charge in [0.15, 0.2) is 0 Å². The number of para-hydroxylation sites is 2. The van der Waals surface area contributed by atoms with Gasteiger partial charge >= 0.3 is 11.9 Å². The van der Waals surface area contributed by atoms with Gasteiger partial charge in [0.1, 0.15) is 35.8 Å². The summed E-state index contributed by atoms with van der Waals surface area (Å²) in [6.45, 7) is 0. The average Bonchev–Trinajstić information content (AvgIpc) is 3.41. The molecular weight excluding hydrogens is 459 g/mol. The molecule has 2 aliphatic rings. The molecule has 4 atom stereocenters. The van der Waals surface area contributed by atoms with Crippen molar-refractivity contribution >= 4 is 36.8 Å². The van der Waals surface area contributed by atoms with Crippen LogP contribution in [0.25, 0.3) is 0 Å².